The van der Waals surface area contributed by atoms with Crippen LogP contribution in [0.5, 0.6) is 0 Å². The van der Waals surface area contributed by atoms with Gasteiger partial charge in [0.15, 0.2) is 0 Å². The third kappa shape index (κ3) is 5.35. The van der Waals surface area contributed by atoms with Crippen LogP contribution in [-0.2, 0) is 4.74 Å². The quantitative estimate of drug-likeness (QED) is 0.385. The number of aromatic nitrogens is 2. The van der Waals surface area contributed by atoms with E-state index in [1.165, 1.54) is 6.20 Å². The highest BCUT2D eigenvalue weighted by atomic mass is 16.6. The van der Waals surface area contributed by atoms with Crippen molar-refractivity contribution in [2.75, 3.05) is 37.4 Å². The monoisotopic (exact) mass is 283 g/mol. The molecule has 20 heavy (non-hydrogen) atoms. The smallest absolute Gasteiger partial charge is 0.329 e. The fourth-order valence-corrected chi connectivity index (χ4v) is 1.54. The molecule has 1 aromatic rings. The van der Waals surface area contributed by atoms with Crippen molar-refractivity contribution in [3.05, 3.63) is 16.3 Å². The average Bonchev–Trinajstić information content (AvgIpc) is 2.44. The van der Waals surface area contributed by atoms with Gasteiger partial charge < -0.3 is 15.4 Å². The number of methoxy groups -OCH3 is 1. The Hall–Kier alpha value is -1.96. The summed E-state index contributed by atoms with van der Waals surface area (Å²) >= 11 is 0. The molecule has 1 heterocycles. The number of ether oxygens (including phenoxy) is 1. The van der Waals surface area contributed by atoms with Gasteiger partial charge in [-0.2, -0.15) is 4.98 Å². The van der Waals surface area contributed by atoms with Crippen molar-refractivity contribution in [3.63, 3.8) is 0 Å². The molecule has 0 radical (unpaired) electrons. The lowest BCUT2D eigenvalue weighted by molar-refractivity contribution is -0.384. The van der Waals surface area contributed by atoms with Crippen LogP contribution >= 0.6 is 0 Å². The summed E-state index contributed by atoms with van der Waals surface area (Å²) in [5, 5.41) is 16.9. The topological polar surface area (TPSA) is 102 Å². The highest BCUT2D eigenvalue weighted by molar-refractivity contribution is 5.56. The lowest BCUT2D eigenvalue weighted by Gasteiger charge is -2.08. The summed E-state index contributed by atoms with van der Waals surface area (Å²) in [4.78, 5) is 18.5. The first-order valence-electron chi connectivity index (χ1n) is 6.67. The predicted molar refractivity (Wildman–Crippen MR) is 77.1 cm³/mol. The van der Waals surface area contributed by atoms with Gasteiger partial charge in [-0.1, -0.05) is 6.92 Å². The minimum Gasteiger partial charge on any atom is -0.385 e. The summed E-state index contributed by atoms with van der Waals surface area (Å²) in [5.41, 5.74) is -0.112. The van der Waals surface area contributed by atoms with Crippen molar-refractivity contribution in [2.45, 2.75) is 26.2 Å². The Morgan fingerprint density at radius 1 is 1.35 bits per heavy atom. The van der Waals surface area contributed by atoms with E-state index in [2.05, 4.69) is 20.6 Å². The molecule has 0 amide bonds. The normalized spacial score (nSPS) is 10.3. The first-order chi connectivity index (χ1) is 9.69. The second-order valence-corrected chi connectivity index (χ2v) is 4.24. The van der Waals surface area contributed by atoms with E-state index in [-0.39, 0.29) is 11.5 Å². The third-order valence-corrected chi connectivity index (χ3v) is 2.57. The Morgan fingerprint density at radius 2 is 2.15 bits per heavy atom. The standard InChI is InChI=1S/C12H21N5O3/c1-3-6-14-12-15-9-10(17(18)19)11(16-12)13-7-4-5-8-20-2/h9H,3-8H2,1-2H3,(H2,13,14,15,16). The SMILES string of the molecule is CCCNc1ncc([N+](=O)[O-])c(NCCCCOC)n1. The Labute approximate surface area is 118 Å². The number of hydrogen-bond donors (Lipinski definition) is 2. The maximum Gasteiger partial charge on any atom is 0.329 e. The number of anilines is 2. The van der Waals surface area contributed by atoms with Crippen LogP contribution in [0.2, 0.25) is 0 Å². The molecule has 0 saturated heterocycles. The largest absolute Gasteiger partial charge is 0.385 e. The van der Waals surface area contributed by atoms with E-state index in [1.54, 1.807) is 7.11 Å². The van der Waals surface area contributed by atoms with Crippen LogP contribution in [0.1, 0.15) is 26.2 Å². The molecule has 0 unspecified atom stereocenters. The van der Waals surface area contributed by atoms with E-state index in [9.17, 15) is 10.1 Å². The summed E-state index contributed by atoms with van der Waals surface area (Å²) in [6, 6.07) is 0. The summed E-state index contributed by atoms with van der Waals surface area (Å²) in [6.07, 6.45) is 3.90. The van der Waals surface area contributed by atoms with Gasteiger partial charge in [-0.15, -0.1) is 0 Å². The van der Waals surface area contributed by atoms with Crippen LogP contribution < -0.4 is 10.6 Å². The van der Waals surface area contributed by atoms with E-state index in [0.717, 1.165) is 25.8 Å². The first kappa shape index (κ1) is 16.1. The van der Waals surface area contributed by atoms with Crippen LogP contribution in [-0.4, -0.2) is 41.7 Å². The van der Waals surface area contributed by atoms with Gasteiger partial charge in [0, 0.05) is 26.8 Å². The molecule has 112 valence electrons. The number of nitrogens with one attached hydrogen (secondary N) is 2. The van der Waals surface area contributed by atoms with Crippen molar-refractivity contribution in [1.82, 2.24) is 9.97 Å². The predicted octanol–water partition coefficient (Wildman–Crippen LogP) is 2.05. The van der Waals surface area contributed by atoms with E-state index in [0.29, 0.717) is 19.1 Å². The van der Waals surface area contributed by atoms with Crippen LogP contribution in [0.4, 0.5) is 17.5 Å². The van der Waals surface area contributed by atoms with Crippen molar-refractivity contribution in [2.24, 2.45) is 0 Å². The van der Waals surface area contributed by atoms with Crippen molar-refractivity contribution < 1.29 is 9.66 Å². The number of unbranched alkanes of at least 4 members (excludes halogenated alkanes) is 1. The average molecular weight is 283 g/mol. The summed E-state index contributed by atoms with van der Waals surface area (Å²) < 4.78 is 4.95. The highest BCUT2D eigenvalue weighted by Gasteiger charge is 2.16. The van der Waals surface area contributed by atoms with E-state index >= 15 is 0 Å². The second kappa shape index (κ2) is 9.03. The van der Waals surface area contributed by atoms with Gasteiger partial charge in [-0.05, 0) is 19.3 Å². The molecule has 0 bridgehead atoms. The minimum absolute atomic E-state index is 0.112. The van der Waals surface area contributed by atoms with Gasteiger partial charge in [-0.25, -0.2) is 4.98 Å². The molecule has 0 aromatic carbocycles. The Bertz CT molecular complexity index is 428. The van der Waals surface area contributed by atoms with Gasteiger partial charge in [-0.3, -0.25) is 10.1 Å². The van der Waals surface area contributed by atoms with Crippen LogP contribution in [0, 0.1) is 10.1 Å². The van der Waals surface area contributed by atoms with Crippen molar-refractivity contribution in [1.29, 1.82) is 0 Å². The summed E-state index contributed by atoms with van der Waals surface area (Å²) in [7, 11) is 1.65. The fraction of sp³-hybridized carbons (Fsp3) is 0.667. The van der Waals surface area contributed by atoms with Gasteiger partial charge in [0.25, 0.3) is 0 Å². The molecule has 1 rings (SSSR count). The number of hydrogen-bond acceptors (Lipinski definition) is 7. The lowest BCUT2D eigenvalue weighted by Crippen LogP contribution is -2.11. The molecule has 0 aliphatic carbocycles. The molecule has 0 aliphatic rings. The number of nitro groups is 1. The van der Waals surface area contributed by atoms with Crippen LogP contribution in [0.3, 0.4) is 0 Å². The van der Waals surface area contributed by atoms with Gasteiger partial charge in [0.05, 0.1) is 4.92 Å². The maximum atomic E-state index is 10.9. The van der Waals surface area contributed by atoms with Gasteiger partial charge in [0.1, 0.15) is 6.20 Å². The van der Waals surface area contributed by atoms with Crippen molar-refractivity contribution >= 4 is 17.5 Å². The summed E-state index contributed by atoms with van der Waals surface area (Å²) in [5.74, 6) is 0.651. The van der Waals surface area contributed by atoms with Crippen LogP contribution in [0.15, 0.2) is 6.20 Å². The molecular formula is C12H21N5O3. The molecular weight excluding hydrogens is 262 g/mol. The van der Waals surface area contributed by atoms with Crippen molar-refractivity contribution in [3.8, 4) is 0 Å². The van der Waals surface area contributed by atoms with Gasteiger partial charge >= 0.3 is 5.69 Å². The fourth-order valence-electron chi connectivity index (χ4n) is 1.54. The van der Waals surface area contributed by atoms with E-state index < -0.39 is 4.92 Å². The zero-order valence-electron chi connectivity index (χ0n) is 11.9. The number of rotatable bonds is 10. The molecule has 1 aromatic heterocycles. The first-order valence-corrected chi connectivity index (χ1v) is 6.67. The molecule has 0 fully saturated rings. The highest BCUT2D eigenvalue weighted by Crippen LogP contribution is 2.21. The van der Waals surface area contributed by atoms with Crippen LogP contribution in [0.25, 0.3) is 0 Å². The third-order valence-electron chi connectivity index (χ3n) is 2.57. The Kier molecular flexibility index (Phi) is 7.26. The second-order valence-electron chi connectivity index (χ2n) is 4.24. The van der Waals surface area contributed by atoms with Gasteiger partial charge in [0.2, 0.25) is 11.8 Å². The van der Waals surface area contributed by atoms with E-state index in [1.807, 2.05) is 6.92 Å². The zero-order chi connectivity index (χ0) is 14.8. The summed E-state index contributed by atoms with van der Waals surface area (Å²) in [6.45, 7) is 4.03. The minimum atomic E-state index is -0.485. The Morgan fingerprint density at radius 3 is 2.80 bits per heavy atom. The molecule has 2 N–H and O–H groups in total. The molecule has 8 heteroatoms. The molecule has 0 atom stereocenters. The maximum absolute atomic E-state index is 10.9. The number of nitrogens with zero attached hydrogens (tertiary/aromatic N) is 3. The Balaban J connectivity index is 2.65. The van der Waals surface area contributed by atoms with E-state index in [4.69, 9.17) is 4.74 Å². The molecule has 0 aliphatic heterocycles. The molecule has 0 saturated carbocycles. The zero-order valence-corrected chi connectivity index (χ0v) is 11.9. The molecule has 8 nitrogen and oxygen atoms in total. The lowest BCUT2D eigenvalue weighted by atomic mass is 10.3. The molecule has 0 spiro atoms.